The average molecular weight is 190 g/mol. The van der Waals surface area contributed by atoms with Gasteiger partial charge in [0.25, 0.3) is 0 Å². The molecule has 2 N–H and O–H groups in total. The lowest BCUT2D eigenvalue weighted by atomic mass is 9.79. The summed E-state index contributed by atoms with van der Waals surface area (Å²) in [7, 11) is 0. The molecule has 1 aromatic carbocycles. The first-order valence-corrected chi connectivity index (χ1v) is 4.84. The van der Waals surface area contributed by atoms with Gasteiger partial charge in [-0.25, -0.2) is 0 Å². The lowest BCUT2D eigenvalue weighted by molar-refractivity contribution is 0.0703. The van der Waals surface area contributed by atoms with Crippen LogP contribution in [0.25, 0.3) is 0 Å². The van der Waals surface area contributed by atoms with E-state index in [2.05, 4.69) is 6.58 Å². The van der Waals surface area contributed by atoms with Crippen LogP contribution in [0.5, 0.6) is 5.75 Å². The minimum Gasteiger partial charge on any atom is -0.508 e. The van der Waals surface area contributed by atoms with Gasteiger partial charge in [-0.1, -0.05) is 18.7 Å². The van der Waals surface area contributed by atoms with Crippen molar-refractivity contribution in [3.05, 3.63) is 42.0 Å². The van der Waals surface area contributed by atoms with Crippen LogP contribution < -0.4 is 0 Å². The maximum absolute atomic E-state index is 10.2. The third-order valence-electron chi connectivity index (χ3n) is 2.90. The Hall–Kier alpha value is -1.28. The van der Waals surface area contributed by atoms with Crippen LogP contribution in [0.1, 0.15) is 24.0 Å². The molecule has 1 aromatic rings. The third kappa shape index (κ3) is 1.32. The van der Waals surface area contributed by atoms with Crippen LogP contribution in [0.15, 0.2) is 30.9 Å². The number of aromatic hydroxyl groups is 1. The van der Waals surface area contributed by atoms with Gasteiger partial charge in [0.2, 0.25) is 0 Å². The Morgan fingerprint density at radius 3 is 2.93 bits per heavy atom. The van der Waals surface area contributed by atoms with Crippen molar-refractivity contribution in [2.45, 2.75) is 24.9 Å². The second-order valence-corrected chi connectivity index (χ2v) is 3.82. The predicted molar refractivity (Wildman–Crippen MR) is 55.1 cm³/mol. The summed E-state index contributed by atoms with van der Waals surface area (Å²) in [4.78, 5) is 0. The Balaban J connectivity index is 2.55. The van der Waals surface area contributed by atoms with Crippen molar-refractivity contribution in [1.82, 2.24) is 0 Å². The summed E-state index contributed by atoms with van der Waals surface area (Å²) in [6.07, 6.45) is 4.15. The number of aryl methyl sites for hydroxylation is 1. The molecule has 74 valence electrons. The molecule has 1 aliphatic carbocycles. The van der Waals surface area contributed by atoms with Gasteiger partial charge in [-0.15, -0.1) is 0 Å². The molecule has 0 bridgehead atoms. The van der Waals surface area contributed by atoms with Crippen LogP contribution in [0.2, 0.25) is 0 Å². The van der Waals surface area contributed by atoms with E-state index < -0.39 is 5.60 Å². The van der Waals surface area contributed by atoms with Gasteiger partial charge in [0.05, 0.1) is 0 Å². The average Bonchev–Trinajstić information content (AvgIpc) is 2.18. The van der Waals surface area contributed by atoms with Gasteiger partial charge >= 0.3 is 0 Å². The molecule has 14 heavy (non-hydrogen) atoms. The number of fused-ring (bicyclic) bond motifs is 1. The van der Waals surface area contributed by atoms with E-state index >= 15 is 0 Å². The first-order valence-electron chi connectivity index (χ1n) is 4.84. The molecule has 0 saturated carbocycles. The van der Waals surface area contributed by atoms with Gasteiger partial charge in [0.15, 0.2) is 0 Å². The van der Waals surface area contributed by atoms with Gasteiger partial charge < -0.3 is 10.2 Å². The molecule has 0 unspecified atom stereocenters. The third-order valence-corrected chi connectivity index (χ3v) is 2.90. The van der Waals surface area contributed by atoms with Crippen molar-refractivity contribution >= 4 is 0 Å². The van der Waals surface area contributed by atoms with Crippen LogP contribution in [0.4, 0.5) is 0 Å². The summed E-state index contributed by atoms with van der Waals surface area (Å²) in [5, 5.41) is 19.5. The molecule has 0 spiro atoms. The maximum Gasteiger partial charge on any atom is 0.115 e. The molecule has 0 aromatic heterocycles. The Bertz CT molecular complexity index is 371. The van der Waals surface area contributed by atoms with Crippen molar-refractivity contribution in [3.63, 3.8) is 0 Å². The molecule has 2 nitrogen and oxygen atoms in total. The number of rotatable bonds is 1. The van der Waals surface area contributed by atoms with E-state index in [1.807, 2.05) is 0 Å². The highest BCUT2D eigenvalue weighted by atomic mass is 16.3. The summed E-state index contributed by atoms with van der Waals surface area (Å²) >= 11 is 0. The largest absolute Gasteiger partial charge is 0.508 e. The molecule has 0 aliphatic heterocycles. The molecule has 0 radical (unpaired) electrons. The number of hydrogen-bond donors (Lipinski definition) is 2. The molecule has 0 amide bonds. The molecule has 2 heteroatoms. The molecule has 1 atom stereocenters. The van der Waals surface area contributed by atoms with E-state index in [0.29, 0.717) is 6.42 Å². The number of aliphatic hydroxyl groups is 1. The summed E-state index contributed by atoms with van der Waals surface area (Å²) in [6.45, 7) is 3.66. The highest BCUT2D eigenvalue weighted by Gasteiger charge is 2.31. The fourth-order valence-electron chi connectivity index (χ4n) is 2.10. The lowest BCUT2D eigenvalue weighted by Crippen LogP contribution is -2.27. The van der Waals surface area contributed by atoms with Crippen LogP contribution in [-0.4, -0.2) is 10.2 Å². The van der Waals surface area contributed by atoms with Crippen molar-refractivity contribution in [3.8, 4) is 5.75 Å². The number of phenols is 1. The topological polar surface area (TPSA) is 40.5 Å². The second-order valence-electron chi connectivity index (χ2n) is 3.82. The van der Waals surface area contributed by atoms with E-state index in [-0.39, 0.29) is 5.75 Å². The van der Waals surface area contributed by atoms with Crippen LogP contribution in [0.3, 0.4) is 0 Å². The highest BCUT2D eigenvalue weighted by Crippen LogP contribution is 2.37. The molecular weight excluding hydrogens is 176 g/mol. The molecule has 0 fully saturated rings. The van der Waals surface area contributed by atoms with E-state index in [1.54, 1.807) is 24.3 Å². The summed E-state index contributed by atoms with van der Waals surface area (Å²) < 4.78 is 0. The van der Waals surface area contributed by atoms with Gasteiger partial charge in [-0.3, -0.25) is 0 Å². The van der Waals surface area contributed by atoms with E-state index in [4.69, 9.17) is 0 Å². The van der Waals surface area contributed by atoms with E-state index in [0.717, 1.165) is 24.0 Å². The minimum atomic E-state index is -0.902. The van der Waals surface area contributed by atoms with Crippen LogP contribution in [-0.2, 0) is 12.0 Å². The molecule has 2 rings (SSSR count). The number of benzene rings is 1. The Morgan fingerprint density at radius 2 is 2.21 bits per heavy atom. The van der Waals surface area contributed by atoms with Crippen molar-refractivity contribution < 1.29 is 10.2 Å². The Morgan fingerprint density at radius 1 is 1.43 bits per heavy atom. The van der Waals surface area contributed by atoms with Crippen molar-refractivity contribution in [2.24, 2.45) is 0 Å². The predicted octanol–water partition coefficient (Wildman–Crippen LogP) is 2.10. The smallest absolute Gasteiger partial charge is 0.115 e. The number of phenolic OH excluding ortho intramolecular Hbond substituents is 1. The summed E-state index contributed by atoms with van der Waals surface area (Å²) in [5.41, 5.74) is 1.01. The van der Waals surface area contributed by atoms with Gasteiger partial charge in [-0.2, -0.15) is 0 Å². The van der Waals surface area contributed by atoms with Gasteiger partial charge in [0, 0.05) is 0 Å². The molecule has 1 aliphatic rings. The standard InChI is InChI=1S/C12H14O2/c1-2-12(14)7-3-4-9-8-10(13)5-6-11(9)12/h2,5-6,8,13-14H,1,3-4,7H2/t12-/m0/s1. The summed E-state index contributed by atoms with van der Waals surface area (Å²) in [5.74, 6) is 0.261. The fourth-order valence-corrected chi connectivity index (χ4v) is 2.10. The first kappa shape index (κ1) is 9.28. The van der Waals surface area contributed by atoms with Gasteiger partial charge in [-0.05, 0) is 42.5 Å². The number of hydrogen-bond acceptors (Lipinski definition) is 2. The van der Waals surface area contributed by atoms with Gasteiger partial charge in [0.1, 0.15) is 11.4 Å². The second kappa shape index (κ2) is 3.14. The van der Waals surface area contributed by atoms with Crippen LogP contribution in [0, 0.1) is 0 Å². The Labute approximate surface area is 83.5 Å². The maximum atomic E-state index is 10.2. The zero-order chi connectivity index (χ0) is 10.2. The zero-order valence-electron chi connectivity index (χ0n) is 8.03. The Kier molecular flexibility index (Phi) is 2.08. The highest BCUT2D eigenvalue weighted by molar-refractivity contribution is 5.42. The summed E-state index contributed by atoms with van der Waals surface area (Å²) in [6, 6.07) is 5.12. The normalized spacial score (nSPS) is 25.5. The lowest BCUT2D eigenvalue weighted by Gasteiger charge is -2.31. The first-order chi connectivity index (χ1) is 6.65. The molecule has 0 heterocycles. The van der Waals surface area contributed by atoms with Crippen molar-refractivity contribution in [2.75, 3.05) is 0 Å². The fraction of sp³-hybridized carbons (Fsp3) is 0.333. The quantitative estimate of drug-likeness (QED) is 0.666. The van der Waals surface area contributed by atoms with Crippen LogP contribution >= 0.6 is 0 Å². The van der Waals surface area contributed by atoms with E-state index in [1.165, 1.54) is 0 Å². The molecular formula is C12H14O2. The molecule has 0 saturated heterocycles. The minimum absolute atomic E-state index is 0.261. The van der Waals surface area contributed by atoms with Crippen molar-refractivity contribution in [1.29, 1.82) is 0 Å². The van der Waals surface area contributed by atoms with E-state index in [9.17, 15) is 10.2 Å². The SMILES string of the molecule is C=C[C@]1(O)CCCc2cc(O)ccc21. The zero-order valence-corrected chi connectivity index (χ0v) is 8.03. The monoisotopic (exact) mass is 190 g/mol.